The first-order valence-corrected chi connectivity index (χ1v) is 6.73. The highest BCUT2D eigenvalue weighted by molar-refractivity contribution is 6.02. The van der Waals surface area contributed by atoms with Crippen LogP contribution >= 0.6 is 0 Å². The highest BCUT2D eigenvalue weighted by Crippen LogP contribution is 2.39. The van der Waals surface area contributed by atoms with Crippen molar-refractivity contribution in [3.8, 4) is 17.2 Å². The fourth-order valence-electron chi connectivity index (χ4n) is 2.52. The fourth-order valence-corrected chi connectivity index (χ4v) is 2.52. The maximum atomic E-state index is 12.4. The minimum atomic E-state index is -0.275. The third-order valence-corrected chi connectivity index (χ3v) is 3.61. The topological polar surface area (TPSA) is 44.8 Å². The third kappa shape index (κ3) is 2.44. The molecule has 21 heavy (non-hydrogen) atoms. The summed E-state index contributed by atoms with van der Waals surface area (Å²) in [6.45, 7) is 0. The normalized spacial score (nSPS) is 16.9. The Bertz CT molecular complexity index is 661. The molecule has 1 aliphatic rings. The molecule has 1 heterocycles. The molecule has 0 aliphatic carbocycles. The molecule has 4 heteroatoms. The average Bonchev–Trinajstić information content (AvgIpc) is 2.54. The van der Waals surface area contributed by atoms with E-state index in [1.165, 1.54) is 0 Å². The van der Waals surface area contributed by atoms with Crippen molar-refractivity contribution in [1.29, 1.82) is 0 Å². The Labute approximate surface area is 123 Å². The first kappa shape index (κ1) is 13.5. The molecule has 0 aromatic heterocycles. The molecule has 4 nitrogen and oxygen atoms in total. The Morgan fingerprint density at radius 2 is 1.81 bits per heavy atom. The molecular formula is C17H16O4. The van der Waals surface area contributed by atoms with Crippen LogP contribution in [0.25, 0.3) is 0 Å². The summed E-state index contributed by atoms with van der Waals surface area (Å²) in [4.78, 5) is 12.4. The van der Waals surface area contributed by atoms with Crippen LogP contribution in [0.4, 0.5) is 0 Å². The molecule has 0 bridgehead atoms. The molecule has 1 unspecified atom stereocenters. The molecule has 1 atom stereocenters. The van der Waals surface area contributed by atoms with Crippen molar-refractivity contribution in [2.75, 3.05) is 14.2 Å². The summed E-state index contributed by atoms with van der Waals surface area (Å²) in [5.41, 5.74) is 1.49. The number of carbonyl (C=O) groups is 1. The van der Waals surface area contributed by atoms with Crippen LogP contribution in [-0.2, 0) is 0 Å². The van der Waals surface area contributed by atoms with Crippen molar-refractivity contribution in [3.05, 3.63) is 53.6 Å². The summed E-state index contributed by atoms with van der Waals surface area (Å²) in [7, 11) is 3.18. The zero-order valence-electron chi connectivity index (χ0n) is 12.0. The quantitative estimate of drug-likeness (QED) is 0.866. The van der Waals surface area contributed by atoms with Crippen molar-refractivity contribution < 1.29 is 19.0 Å². The van der Waals surface area contributed by atoms with E-state index in [1.807, 2.05) is 30.3 Å². The van der Waals surface area contributed by atoms with Crippen LogP contribution in [0.15, 0.2) is 42.5 Å². The van der Waals surface area contributed by atoms with Gasteiger partial charge in [-0.25, -0.2) is 0 Å². The molecule has 0 radical (unpaired) electrons. The van der Waals surface area contributed by atoms with Crippen LogP contribution < -0.4 is 14.2 Å². The minimum Gasteiger partial charge on any atom is -0.497 e. The summed E-state index contributed by atoms with van der Waals surface area (Å²) in [6.07, 6.45) is 0.0303. The van der Waals surface area contributed by atoms with Gasteiger partial charge in [-0.1, -0.05) is 18.2 Å². The first-order valence-electron chi connectivity index (χ1n) is 6.73. The third-order valence-electron chi connectivity index (χ3n) is 3.61. The van der Waals surface area contributed by atoms with Crippen LogP contribution in [0.5, 0.6) is 17.2 Å². The Morgan fingerprint density at radius 3 is 2.48 bits per heavy atom. The molecule has 3 rings (SSSR count). The van der Waals surface area contributed by atoms with Crippen LogP contribution in [0, 0.1) is 0 Å². The molecule has 0 saturated carbocycles. The molecule has 0 saturated heterocycles. The highest BCUT2D eigenvalue weighted by atomic mass is 16.5. The molecule has 108 valence electrons. The van der Waals surface area contributed by atoms with Gasteiger partial charge in [-0.15, -0.1) is 0 Å². The molecule has 0 spiro atoms. The van der Waals surface area contributed by atoms with Crippen molar-refractivity contribution in [2.24, 2.45) is 0 Å². The second kappa shape index (κ2) is 5.48. The molecule has 2 aromatic carbocycles. The van der Waals surface area contributed by atoms with Crippen molar-refractivity contribution in [1.82, 2.24) is 0 Å². The molecule has 0 N–H and O–H groups in total. The average molecular weight is 284 g/mol. The molecule has 0 fully saturated rings. The zero-order valence-corrected chi connectivity index (χ0v) is 12.0. The largest absolute Gasteiger partial charge is 0.497 e. The predicted molar refractivity (Wildman–Crippen MR) is 78.3 cm³/mol. The van der Waals surface area contributed by atoms with E-state index in [0.29, 0.717) is 23.5 Å². The van der Waals surface area contributed by atoms with Gasteiger partial charge in [0.2, 0.25) is 0 Å². The summed E-state index contributed by atoms with van der Waals surface area (Å²) in [6, 6.07) is 13.0. The summed E-state index contributed by atoms with van der Waals surface area (Å²) in [5.74, 6) is 1.95. The van der Waals surface area contributed by atoms with Gasteiger partial charge in [0.1, 0.15) is 28.9 Å². The Balaban J connectivity index is 1.92. The van der Waals surface area contributed by atoms with Gasteiger partial charge in [-0.3, -0.25) is 4.79 Å². The Hall–Kier alpha value is -2.49. The lowest BCUT2D eigenvalue weighted by molar-refractivity contribution is 0.0845. The number of hydrogen-bond acceptors (Lipinski definition) is 4. The first-order chi connectivity index (χ1) is 10.2. The van der Waals surface area contributed by atoms with Crippen LogP contribution in [-0.4, -0.2) is 20.0 Å². The monoisotopic (exact) mass is 284 g/mol. The van der Waals surface area contributed by atoms with Crippen LogP contribution in [0.1, 0.15) is 28.4 Å². The van der Waals surface area contributed by atoms with Gasteiger partial charge in [0.05, 0.1) is 20.6 Å². The second-order valence-corrected chi connectivity index (χ2v) is 4.84. The maximum Gasteiger partial charge on any atom is 0.174 e. The van der Waals surface area contributed by atoms with E-state index in [1.54, 1.807) is 26.4 Å². The summed E-state index contributed by atoms with van der Waals surface area (Å²) < 4.78 is 16.3. The van der Waals surface area contributed by atoms with Gasteiger partial charge >= 0.3 is 0 Å². The van der Waals surface area contributed by atoms with Gasteiger partial charge in [-0.05, 0) is 29.8 Å². The predicted octanol–water partition coefficient (Wildman–Crippen LogP) is 3.41. The lowest BCUT2D eigenvalue weighted by Crippen LogP contribution is -2.21. The van der Waals surface area contributed by atoms with Crippen LogP contribution in [0.2, 0.25) is 0 Å². The van der Waals surface area contributed by atoms with E-state index in [4.69, 9.17) is 14.2 Å². The Morgan fingerprint density at radius 1 is 1.05 bits per heavy atom. The second-order valence-electron chi connectivity index (χ2n) is 4.84. The smallest absolute Gasteiger partial charge is 0.174 e. The van der Waals surface area contributed by atoms with Crippen molar-refractivity contribution in [2.45, 2.75) is 12.5 Å². The summed E-state index contributed by atoms with van der Waals surface area (Å²) in [5, 5.41) is 0. The lowest BCUT2D eigenvalue weighted by Gasteiger charge is -2.26. The highest BCUT2D eigenvalue weighted by Gasteiger charge is 2.30. The fraction of sp³-hybridized carbons (Fsp3) is 0.235. The van der Waals surface area contributed by atoms with E-state index in [2.05, 4.69) is 0 Å². The molecule has 1 aliphatic heterocycles. The molecular weight excluding hydrogens is 268 g/mol. The van der Waals surface area contributed by atoms with Gasteiger partial charge in [0, 0.05) is 0 Å². The Kier molecular flexibility index (Phi) is 3.52. The number of rotatable bonds is 3. The number of ether oxygens (including phenoxy) is 3. The number of ketones is 1. The zero-order chi connectivity index (χ0) is 14.8. The van der Waals surface area contributed by atoms with Gasteiger partial charge in [0.25, 0.3) is 0 Å². The van der Waals surface area contributed by atoms with Gasteiger partial charge in [-0.2, -0.15) is 0 Å². The number of carbonyl (C=O) groups excluding carboxylic acids is 1. The molecule has 2 aromatic rings. The standard InChI is InChI=1S/C17H16O4/c1-19-12-8-6-11(7-9-12)16-10-13(18)17-14(20-2)4-3-5-15(17)21-16/h3-9,16H,10H2,1-2H3. The molecule has 0 amide bonds. The number of benzene rings is 2. The van der Waals surface area contributed by atoms with Crippen molar-refractivity contribution in [3.63, 3.8) is 0 Å². The van der Waals surface area contributed by atoms with E-state index >= 15 is 0 Å². The number of Topliss-reactive ketones (excluding diaryl/α,β-unsaturated/α-hetero) is 1. The lowest BCUT2D eigenvalue weighted by atomic mass is 9.95. The van der Waals surface area contributed by atoms with E-state index in [0.717, 1.165) is 11.3 Å². The number of fused-ring (bicyclic) bond motifs is 1. The summed E-state index contributed by atoms with van der Waals surface area (Å²) >= 11 is 0. The number of hydrogen-bond donors (Lipinski definition) is 0. The van der Waals surface area contributed by atoms with Crippen molar-refractivity contribution >= 4 is 5.78 Å². The van der Waals surface area contributed by atoms with Crippen LogP contribution in [0.3, 0.4) is 0 Å². The van der Waals surface area contributed by atoms with E-state index in [-0.39, 0.29) is 11.9 Å². The van der Waals surface area contributed by atoms with E-state index in [9.17, 15) is 4.79 Å². The van der Waals surface area contributed by atoms with Gasteiger partial charge < -0.3 is 14.2 Å². The maximum absolute atomic E-state index is 12.4. The van der Waals surface area contributed by atoms with Gasteiger partial charge in [0.15, 0.2) is 5.78 Å². The van der Waals surface area contributed by atoms with E-state index < -0.39 is 0 Å². The SMILES string of the molecule is COc1ccc(C2CC(=O)c3c(OC)cccc3O2)cc1. The number of methoxy groups -OCH3 is 2. The minimum absolute atomic E-state index is 0.0366.